The van der Waals surface area contributed by atoms with E-state index in [-0.39, 0.29) is 11.2 Å². The molecule has 0 aliphatic carbocycles. The van der Waals surface area contributed by atoms with E-state index in [1.165, 1.54) is 26.6 Å². The van der Waals surface area contributed by atoms with Gasteiger partial charge in [0.2, 0.25) is 0 Å². The van der Waals surface area contributed by atoms with Gasteiger partial charge in [0.05, 0.1) is 19.8 Å². The number of morpholine rings is 1. The number of H-pyrrole nitrogens is 1. The van der Waals surface area contributed by atoms with Crippen LogP contribution < -0.4 is 20.7 Å². The number of aryl methyl sites for hydroxylation is 3. The number of nitrogens with zero attached hydrogens (tertiary/aromatic N) is 3. The quantitative estimate of drug-likeness (QED) is 0.517. The van der Waals surface area contributed by atoms with Gasteiger partial charge in [-0.15, -0.1) is 0 Å². The number of ether oxygens (including phenoxy) is 1. The summed E-state index contributed by atoms with van der Waals surface area (Å²) in [5.41, 5.74) is 1.90. The van der Waals surface area contributed by atoms with E-state index in [0.29, 0.717) is 11.2 Å². The maximum atomic E-state index is 12.9. The Bertz CT molecular complexity index is 1110. The molecule has 8 heteroatoms. The van der Waals surface area contributed by atoms with Crippen molar-refractivity contribution in [1.82, 2.24) is 14.1 Å². The van der Waals surface area contributed by atoms with Crippen LogP contribution in [0, 0.1) is 0 Å². The van der Waals surface area contributed by atoms with Crippen LogP contribution in [0.4, 0.5) is 0 Å². The van der Waals surface area contributed by atoms with Gasteiger partial charge in [0.25, 0.3) is 11.2 Å². The second-order valence-electron chi connectivity index (χ2n) is 7.75. The van der Waals surface area contributed by atoms with Gasteiger partial charge in [0.1, 0.15) is 13.1 Å². The summed E-state index contributed by atoms with van der Waals surface area (Å²) in [6.07, 6.45) is 1.86. The minimum Gasteiger partial charge on any atom is -0.370 e. The highest BCUT2D eigenvalue weighted by atomic mass is 16.5. The van der Waals surface area contributed by atoms with Crippen molar-refractivity contribution in [3.8, 4) is 0 Å². The van der Waals surface area contributed by atoms with Gasteiger partial charge < -0.3 is 9.64 Å². The topological polar surface area (TPSA) is 77.3 Å². The number of quaternary nitrogens is 1. The van der Waals surface area contributed by atoms with Crippen LogP contribution in [0.1, 0.15) is 17.8 Å². The Morgan fingerprint density at radius 3 is 2.55 bits per heavy atom. The lowest BCUT2D eigenvalue weighted by atomic mass is 10.1. The number of benzene rings is 1. The van der Waals surface area contributed by atoms with Gasteiger partial charge in [-0.3, -0.25) is 13.9 Å². The van der Waals surface area contributed by atoms with E-state index in [2.05, 4.69) is 21.7 Å². The van der Waals surface area contributed by atoms with Crippen LogP contribution in [-0.4, -0.2) is 40.4 Å². The van der Waals surface area contributed by atoms with E-state index in [1.54, 1.807) is 7.05 Å². The third kappa shape index (κ3) is 3.90. The lowest BCUT2D eigenvalue weighted by Gasteiger charge is -2.22. The SMILES string of the molecule is Cn1c(=O)c2c([nH]c(C[NH+]3CCOCC3)[n+]2CCCc2ccccc2)n(C)c1=O. The number of hydrogen-bond donors (Lipinski definition) is 2. The summed E-state index contributed by atoms with van der Waals surface area (Å²) < 4.78 is 10.3. The van der Waals surface area contributed by atoms with Crippen molar-refractivity contribution in [1.29, 1.82) is 0 Å². The van der Waals surface area contributed by atoms with Crippen molar-refractivity contribution in [2.24, 2.45) is 14.1 Å². The first kappa shape index (κ1) is 19.6. The summed E-state index contributed by atoms with van der Waals surface area (Å²) in [6.45, 7) is 4.89. The third-order valence-corrected chi connectivity index (χ3v) is 5.81. The van der Waals surface area contributed by atoms with E-state index in [0.717, 1.165) is 58.1 Å². The maximum absolute atomic E-state index is 12.9. The van der Waals surface area contributed by atoms with E-state index < -0.39 is 0 Å². The molecule has 0 amide bonds. The average molecular weight is 399 g/mol. The predicted molar refractivity (Wildman–Crippen MR) is 109 cm³/mol. The number of nitrogens with one attached hydrogen (secondary N) is 2. The highest BCUT2D eigenvalue weighted by molar-refractivity contribution is 5.65. The summed E-state index contributed by atoms with van der Waals surface area (Å²) in [7, 11) is 3.25. The minimum atomic E-state index is -0.314. The fourth-order valence-electron chi connectivity index (χ4n) is 4.10. The van der Waals surface area contributed by atoms with Crippen LogP contribution >= 0.6 is 0 Å². The first-order chi connectivity index (χ1) is 14.1. The van der Waals surface area contributed by atoms with Crippen LogP contribution in [-0.2, 0) is 38.3 Å². The predicted octanol–water partition coefficient (Wildman–Crippen LogP) is -1.10. The molecule has 4 rings (SSSR count). The van der Waals surface area contributed by atoms with Crippen molar-refractivity contribution in [2.75, 3.05) is 26.3 Å². The van der Waals surface area contributed by atoms with Gasteiger partial charge >= 0.3 is 17.1 Å². The Balaban J connectivity index is 1.70. The van der Waals surface area contributed by atoms with Crippen LogP contribution in [0.2, 0.25) is 0 Å². The first-order valence-electron chi connectivity index (χ1n) is 10.2. The van der Waals surface area contributed by atoms with Crippen LogP contribution in [0.25, 0.3) is 11.2 Å². The molecular formula is C21H29N5O3+2. The Hall–Kier alpha value is -2.71. The maximum Gasteiger partial charge on any atom is 0.333 e. The third-order valence-electron chi connectivity index (χ3n) is 5.81. The molecule has 3 heterocycles. The lowest BCUT2D eigenvalue weighted by molar-refractivity contribution is -0.930. The summed E-state index contributed by atoms with van der Waals surface area (Å²) in [4.78, 5) is 30.1. The standard InChI is InChI=1S/C21H27N5O3/c1-23-19-18(20(27)24(2)21(23)28)26(10-6-9-16-7-4-3-5-8-16)17(22-19)15-25-11-13-29-14-12-25/h3-5,7-8H,6,9-15H2,1-2H3/p+2. The summed E-state index contributed by atoms with van der Waals surface area (Å²) >= 11 is 0. The minimum absolute atomic E-state index is 0.248. The molecular weight excluding hydrogens is 370 g/mol. The van der Waals surface area contributed by atoms with E-state index >= 15 is 0 Å². The molecule has 0 saturated carbocycles. The molecule has 154 valence electrons. The normalized spacial score (nSPS) is 15.2. The monoisotopic (exact) mass is 399 g/mol. The molecule has 8 nitrogen and oxygen atoms in total. The number of aromatic amines is 1. The van der Waals surface area contributed by atoms with E-state index in [4.69, 9.17) is 4.74 Å². The number of imidazole rings is 1. The smallest absolute Gasteiger partial charge is 0.333 e. The first-order valence-corrected chi connectivity index (χ1v) is 10.2. The molecule has 0 spiro atoms. The van der Waals surface area contributed by atoms with Crippen molar-refractivity contribution >= 4 is 11.2 Å². The van der Waals surface area contributed by atoms with Gasteiger partial charge in [0, 0.05) is 14.1 Å². The summed E-state index contributed by atoms with van der Waals surface area (Å²) in [6, 6.07) is 10.4. The van der Waals surface area contributed by atoms with Crippen molar-refractivity contribution in [3.05, 3.63) is 62.6 Å². The highest BCUT2D eigenvalue weighted by Crippen LogP contribution is 2.06. The molecule has 29 heavy (non-hydrogen) atoms. The molecule has 1 aromatic carbocycles. The zero-order chi connectivity index (χ0) is 20.4. The number of fused-ring (bicyclic) bond motifs is 1. The van der Waals surface area contributed by atoms with Crippen molar-refractivity contribution < 1.29 is 14.2 Å². The Kier molecular flexibility index (Phi) is 5.64. The molecule has 3 aromatic rings. The van der Waals surface area contributed by atoms with Gasteiger partial charge in [-0.05, 0) is 18.4 Å². The molecule has 1 fully saturated rings. The lowest BCUT2D eigenvalue weighted by Crippen LogP contribution is -3.13. The summed E-state index contributed by atoms with van der Waals surface area (Å²) in [5, 5.41) is 0. The fourth-order valence-corrected chi connectivity index (χ4v) is 4.10. The highest BCUT2D eigenvalue weighted by Gasteiger charge is 2.29. The number of aromatic nitrogens is 4. The zero-order valence-electron chi connectivity index (χ0n) is 17.1. The Morgan fingerprint density at radius 1 is 1.10 bits per heavy atom. The molecule has 1 aliphatic rings. The Morgan fingerprint density at radius 2 is 1.83 bits per heavy atom. The molecule has 2 N–H and O–H groups in total. The number of rotatable bonds is 6. The van der Waals surface area contributed by atoms with Gasteiger partial charge in [0.15, 0.2) is 6.54 Å². The van der Waals surface area contributed by atoms with E-state index in [9.17, 15) is 9.59 Å². The molecule has 1 saturated heterocycles. The van der Waals surface area contributed by atoms with Crippen LogP contribution in [0.15, 0.2) is 39.9 Å². The average Bonchev–Trinajstić information content (AvgIpc) is 3.10. The van der Waals surface area contributed by atoms with Crippen molar-refractivity contribution in [2.45, 2.75) is 25.9 Å². The zero-order valence-corrected chi connectivity index (χ0v) is 17.1. The van der Waals surface area contributed by atoms with Crippen LogP contribution in [0.5, 0.6) is 0 Å². The molecule has 0 unspecified atom stereocenters. The second-order valence-corrected chi connectivity index (χ2v) is 7.75. The molecule has 1 aliphatic heterocycles. The van der Waals surface area contributed by atoms with Gasteiger partial charge in [-0.25, -0.2) is 14.3 Å². The number of hydrogen-bond acceptors (Lipinski definition) is 3. The van der Waals surface area contributed by atoms with Gasteiger partial charge in [-0.2, -0.15) is 0 Å². The van der Waals surface area contributed by atoms with E-state index in [1.807, 2.05) is 18.2 Å². The molecule has 2 aromatic heterocycles. The largest absolute Gasteiger partial charge is 0.370 e. The second kappa shape index (κ2) is 8.34. The van der Waals surface area contributed by atoms with Crippen LogP contribution in [0.3, 0.4) is 0 Å². The van der Waals surface area contributed by atoms with Crippen molar-refractivity contribution in [3.63, 3.8) is 0 Å². The molecule has 0 bridgehead atoms. The summed E-state index contributed by atoms with van der Waals surface area (Å²) in [5.74, 6) is 0.989. The molecule has 0 radical (unpaired) electrons. The molecule has 0 atom stereocenters. The fraction of sp³-hybridized carbons (Fsp3) is 0.476. The Labute approximate surface area is 169 Å². The van der Waals surface area contributed by atoms with Gasteiger partial charge in [-0.1, -0.05) is 30.3 Å².